The van der Waals surface area contributed by atoms with E-state index in [-0.39, 0.29) is 5.82 Å². The first-order valence-electron chi connectivity index (χ1n) is 5.02. The first-order chi connectivity index (χ1) is 6.27. The fraction of sp³-hybridized carbons (Fsp3) is 0.500. The maximum atomic E-state index is 13.4. The molecule has 0 amide bonds. The summed E-state index contributed by atoms with van der Waals surface area (Å²) in [7, 11) is 0. The minimum atomic E-state index is -0.0263. The van der Waals surface area contributed by atoms with Gasteiger partial charge in [-0.05, 0) is 36.3 Å². The molecule has 1 aliphatic carbocycles. The zero-order chi connectivity index (χ0) is 9.26. The molecule has 0 N–H and O–H groups in total. The molecule has 70 valence electrons. The highest BCUT2D eigenvalue weighted by atomic mass is 19.1. The van der Waals surface area contributed by atoms with Gasteiger partial charge >= 0.3 is 0 Å². The van der Waals surface area contributed by atoms with Crippen molar-refractivity contribution in [2.24, 2.45) is 5.92 Å². The first kappa shape index (κ1) is 8.74. The van der Waals surface area contributed by atoms with Gasteiger partial charge in [-0.25, -0.2) is 4.39 Å². The molecule has 13 heavy (non-hydrogen) atoms. The summed E-state index contributed by atoms with van der Waals surface area (Å²) in [6, 6.07) is 7.19. The molecule has 1 aromatic rings. The van der Waals surface area contributed by atoms with E-state index in [9.17, 15) is 4.39 Å². The van der Waals surface area contributed by atoms with E-state index in [0.29, 0.717) is 5.92 Å². The van der Waals surface area contributed by atoms with Gasteiger partial charge in [-0.3, -0.25) is 0 Å². The molecule has 1 heteroatoms. The summed E-state index contributed by atoms with van der Waals surface area (Å²) >= 11 is 0. The molecule has 2 atom stereocenters. The summed E-state index contributed by atoms with van der Waals surface area (Å²) < 4.78 is 13.4. The summed E-state index contributed by atoms with van der Waals surface area (Å²) in [6.45, 7) is 2.25. The Kier molecular flexibility index (Phi) is 2.34. The Morgan fingerprint density at radius 1 is 1.23 bits per heavy atom. The molecule has 1 aromatic carbocycles. The van der Waals surface area contributed by atoms with Crippen molar-refractivity contribution in [2.75, 3.05) is 0 Å². The lowest BCUT2D eigenvalue weighted by molar-refractivity contribution is 0.561. The van der Waals surface area contributed by atoms with Crippen molar-refractivity contribution < 1.29 is 4.39 Å². The van der Waals surface area contributed by atoms with Crippen LogP contribution < -0.4 is 0 Å². The quantitative estimate of drug-likeness (QED) is 0.614. The second kappa shape index (κ2) is 3.49. The molecule has 2 rings (SSSR count). The SMILES string of the molecule is CC1CC[C@@H](c2ccccc2F)C1. The van der Waals surface area contributed by atoms with E-state index in [2.05, 4.69) is 6.92 Å². The van der Waals surface area contributed by atoms with Gasteiger partial charge < -0.3 is 0 Å². The Hall–Kier alpha value is -0.850. The molecule has 0 saturated heterocycles. The van der Waals surface area contributed by atoms with Crippen LogP contribution in [0.5, 0.6) is 0 Å². The molecule has 1 aliphatic rings. The fourth-order valence-corrected chi connectivity index (χ4v) is 2.30. The lowest BCUT2D eigenvalue weighted by Crippen LogP contribution is -1.96. The zero-order valence-electron chi connectivity index (χ0n) is 7.96. The van der Waals surface area contributed by atoms with Gasteiger partial charge in [0.1, 0.15) is 5.82 Å². The molecular formula is C12H15F. The Labute approximate surface area is 78.8 Å². The first-order valence-corrected chi connectivity index (χ1v) is 5.02. The number of hydrogen-bond donors (Lipinski definition) is 0. The van der Waals surface area contributed by atoms with Crippen LogP contribution in [0.4, 0.5) is 4.39 Å². The van der Waals surface area contributed by atoms with Crippen LogP contribution in [0.15, 0.2) is 24.3 Å². The van der Waals surface area contributed by atoms with Crippen LogP contribution in [0.1, 0.15) is 37.7 Å². The van der Waals surface area contributed by atoms with Crippen LogP contribution in [0.3, 0.4) is 0 Å². The van der Waals surface area contributed by atoms with Gasteiger partial charge in [0.05, 0.1) is 0 Å². The second-order valence-electron chi connectivity index (χ2n) is 4.14. The van der Waals surface area contributed by atoms with Crippen molar-refractivity contribution >= 4 is 0 Å². The van der Waals surface area contributed by atoms with Gasteiger partial charge in [-0.1, -0.05) is 31.5 Å². The molecule has 0 bridgehead atoms. The Bertz CT molecular complexity index is 293. The van der Waals surface area contributed by atoms with Crippen molar-refractivity contribution in [1.29, 1.82) is 0 Å². The molecule has 1 saturated carbocycles. The van der Waals surface area contributed by atoms with Gasteiger partial charge in [-0.15, -0.1) is 0 Å². The van der Waals surface area contributed by atoms with E-state index in [4.69, 9.17) is 0 Å². The molecule has 0 heterocycles. The molecule has 0 nitrogen and oxygen atoms in total. The molecule has 0 aromatic heterocycles. The Morgan fingerprint density at radius 3 is 2.62 bits per heavy atom. The van der Waals surface area contributed by atoms with E-state index in [1.165, 1.54) is 6.42 Å². The van der Waals surface area contributed by atoms with Gasteiger partial charge in [0.15, 0.2) is 0 Å². The molecule has 1 unspecified atom stereocenters. The maximum Gasteiger partial charge on any atom is 0.126 e. The van der Waals surface area contributed by atoms with Crippen LogP contribution in [0.25, 0.3) is 0 Å². The standard InChI is InChI=1S/C12H15F/c1-9-6-7-10(8-9)11-4-2-3-5-12(11)13/h2-5,9-10H,6-8H2,1H3/t9?,10-/m1/s1. The van der Waals surface area contributed by atoms with Gasteiger partial charge in [0, 0.05) is 0 Å². The zero-order valence-corrected chi connectivity index (χ0v) is 7.96. The second-order valence-corrected chi connectivity index (χ2v) is 4.14. The Balaban J connectivity index is 2.21. The normalized spacial score (nSPS) is 27.8. The van der Waals surface area contributed by atoms with Gasteiger partial charge in [0.25, 0.3) is 0 Å². The molecule has 1 fully saturated rings. The predicted octanol–water partition coefficient (Wildman–Crippen LogP) is 3.73. The van der Waals surface area contributed by atoms with Gasteiger partial charge in [0.2, 0.25) is 0 Å². The van der Waals surface area contributed by atoms with Crippen molar-refractivity contribution in [2.45, 2.75) is 32.1 Å². The number of benzene rings is 1. The third kappa shape index (κ3) is 1.74. The van der Waals surface area contributed by atoms with Crippen LogP contribution >= 0.6 is 0 Å². The summed E-state index contributed by atoms with van der Waals surface area (Å²) in [5.41, 5.74) is 0.923. The van der Waals surface area contributed by atoms with Crippen LogP contribution in [0, 0.1) is 11.7 Å². The van der Waals surface area contributed by atoms with Crippen molar-refractivity contribution in [3.8, 4) is 0 Å². The highest BCUT2D eigenvalue weighted by Crippen LogP contribution is 2.38. The van der Waals surface area contributed by atoms with Gasteiger partial charge in [-0.2, -0.15) is 0 Å². The summed E-state index contributed by atoms with van der Waals surface area (Å²) in [4.78, 5) is 0. The van der Waals surface area contributed by atoms with Crippen LogP contribution in [-0.4, -0.2) is 0 Å². The smallest absolute Gasteiger partial charge is 0.126 e. The summed E-state index contributed by atoms with van der Waals surface area (Å²) in [5, 5.41) is 0. The highest BCUT2D eigenvalue weighted by molar-refractivity contribution is 5.22. The van der Waals surface area contributed by atoms with Crippen molar-refractivity contribution in [1.82, 2.24) is 0 Å². The van der Waals surface area contributed by atoms with Crippen LogP contribution in [0.2, 0.25) is 0 Å². The fourth-order valence-electron chi connectivity index (χ4n) is 2.30. The predicted molar refractivity (Wildman–Crippen MR) is 52.2 cm³/mol. The van der Waals surface area contributed by atoms with E-state index in [1.807, 2.05) is 12.1 Å². The average molecular weight is 178 g/mol. The highest BCUT2D eigenvalue weighted by Gasteiger charge is 2.24. The number of hydrogen-bond acceptors (Lipinski definition) is 0. The third-order valence-corrected chi connectivity index (χ3v) is 3.04. The maximum absolute atomic E-state index is 13.4. The van der Waals surface area contributed by atoms with Crippen molar-refractivity contribution in [3.63, 3.8) is 0 Å². The Morgan fingerprint density at radius 2 is 2.00 bits per heavy atom. The van der Waals surface area contributed by atoms with E-state index < -0.39 is 0 Å². The van der Waals surface area contributed by atoms with E-state index in [0.717, 1.165) is 24.3 Å². The molecular weight excluding hydrogens is 163 g/mol. The lowest BCUT2D eigenvalue weighted by atomic mass is 9.96. The van der Waals surface area contributed by atoms with E-state index in [1.54, 1.807) is 12.1 Å². The third-order valence-electron chi connectivity index (χ3n) is 3.04. The van der Waals surface area contributed by atoms with E-state index >= 15 is 0 Å². The van der Waals surface area contributed by atoms with Crippen molar-refractivity contribution in [3.05, 3.63) is 35.6 Å². The van der Waals surface area contributed by atoms with Crippen LogP contribution in [-0.2, 0) is 0 Å². The minimum Gasteiger partial charge on any atom is -0.207 e. The molecule has 0 aliphatic heterocycles. The lowest BCUT2D eigenvalue weighted by Gasteiger charge is -2.10. The monoisotopic (exact) mass is 178 g/mol. The number of halogens is 1. The molecule has 0 radical (unpaired) electrons. The topological polar surface area (TPSA) is 0 Å². The number of rotatable bonds is 1. The summed E-state index contributed by atoms with van der Waals surface area (Å²) in [5.74, 6) is 1.21. The minimum absolute atomic E-state index is 0.0263. The summed E-state index contributed by atoms with van der Waals surface area (Å²) in [6.07, 6.45) is 3.56. The average Bonchev–Trinajstić information content (AvgIpc) is 2.53. The largest absolute Gasteiger partial charge is 0.207 e. The molecule has 0 spiro atoms.